The Hall–Kier alpha value is -2.77. The van der Waals surface area contributed by atoms with Gasteiger partial charge in [0.2, 0.25) is 0 Å². The normalized spacial score (nSPS) is 16.5. The number of alkyl halides is 1. The number of anilines is 1. The zero-order valence-corrected chi connectivity index (χ0v) is 16.2. The quantitative estimate of drug-likeness (QED) is 0.750. The zero-order valence-electron chi connectivity index (χ0n) is 16.2. The maximum atomic E-state index is 13.9. The minimum Gasteiger partial charge on any atom is -0.451 e. The molecule has 0 saturated carbocycles. The molecular formula is C20H24F2N4O2. The van der Waals surface area contributed by atoms with Crippen molar-refractivity contribution in [3.63, 3.8) is 0 Å². The lowest BCUT2D eigenvalue weighted by Crippen LogP contribution is -2.36. The summed E-state index contributed by atoms with van der Waals surface area (Å²) in [6.45, 7) is 6.87. The predicted molar refractivity (Wildman–Crippen MR) is 102 cm³/mol. The molecule has 1 unspecified atom stereocenters. The number of hydrogen-bond acceptors (Lipinski definition) is 5. The van der Waals surface area contributed by atoms with Crippen LogP contribution in [0.4, 0.5) is 14.6 Å². The van der Waals surface area contributed by atoms with Crippen molar-refractivity contribution in [1.82, 2.24) is 14.9 Å². The largest absolute Gasteiger partial charge is 0.451 e. The van der Waals surface area contributed by atoms with Gasteiger partial charge in [-0.15, -0.1) is 0 Å². The van der Waals surface area contributed by atoms with E-state index in [4.69, 9.17) is 4.74 Å². The van der Waals surface area contributed by atoms with E-state index in [0.717, 1.165) is 0 Å². The highest BCUT2D eigenvalue weighted by Gasteiger charge is 2.27. The Labute approximate surface area is 163 Å². The van der Waals surface area contributed by atoms with E-state index in [2.05, 4.69) is 9.97 Å². The Kier molecular flexibility index (Phi) is 6.06. The maximum absolute atomic E-state index is 13.9. The first-order chi connectivity index (χ1) is 13.4. The molecule has 0 spiro atoms. The Morgan fingerprint density at radius 1 is 1.39 bits per heavy atom. The first-order valence-corrected chi connectivity index (χ1v) is 9.38. The summed E-state index contributed by atoms with van der Waals surface area (Å²) in [5.41, 5.74) is 0.121. The minimum absolute atomic E-state index is 0.0460. The average molecular weight is 390 g/mol. The van der Waals surface area contributed by atoms with Gasteiger partial charge >= 0.3 is 0 Å². The van der Waals surface area contributed by atoms with Gasteiger partial charge in [0, 0.05) is 19.1 Å². The molecule has 1 aromatic carbocycles. The molecule has 1 saturated heterocycles. The van der Waals surface area contributed by atoms with Gasteiger partial charge < -0.3 is 14.5 Å². The van der Waals surface area contributed by atoms with Crippen molar-refractivity contribution in [2.75, 3.05) is 24.5 Å². The summed E-state index contributed by atoms with van der Waals surface area (Å²) in [7, 11) is 0. The van der Waals surface area contributed by atoms with Gasteiger partial charge in [-0.2, -0.15) is 0 Å². The third-order valence-corrected chi connectivity index (χ3v) is 4.71. The molecule has 2 aromatic rings. The number of hydrogen-bond donors (Lipinski definition) is 0. The highest BCUT2D eigenvalue weighted by molar-refractivity contribution is 5.97. The van der Waals surface area contributed by atoms with Gasteiger partial charge in [-0.1, -0.05) is 0 Å². The van der Waals surface area contributed by atoms with Crippen LogP contribution in [0.5, 0.6) is 11.5 Å². The van der Waals surface area contributed by atoms with Crippen LogP contribution in [-0.2, 0) is 0 Å². The molecule has 2 heterocycles. The van der Waals surface area contributed by atoms with Crippen molar-refractivity contribution < 1.29 is 18.3 Å². The molecule has 0 N–H and O–H groups in total. The number of amides is 1. The van der Waals surface area contributed by atoms with Crippen LogP contribution < -0.4 is 9.64 Å². The van der Waals surface area contributed by atoms with Gasteiger partial charge in [-0.25, -0.2) is 18.7 Å². The molecule has 6 nitrogen and oxygen atoms in total. The number of ether oxygens (including phenoxy) is 1. The molecule has 8 heteroatoms. The molecule has 0 bridgehead atoms. The number of carbonyl (C=O) groups is 1. The monoisotopic (exact) mass is 390 g/mol. The van der Waals surface area contributed by atoms with Gasteiger partial charge in [0.15, 0.2) is 11.6 Å². The Bertz CT molecular complexity index is 847. The molecule has 1 aliphatic rings. The fourth-order valence-electron chi connectivity index (χ4n) is 3.30. The van der Waals surface area contributed by atoms with Crippen molar-refractivity contribution >= 4 is 11.7 Å². The predicted octanol–water partition coefficient (Wildman–Crippen LogP) is 3.83. The second-order valence-electron chi connectivity index (χ2n) is 6.97. The third-order valence-electron chi connectivity index (χ3n) is 4.71. The minimum atomic E-state index is -0.921. The van der Waals surface area contributed by atoms with Gasteiger partial charge in [0.05, 0.1) is 18.3 Å². The van der Waals surface area contributed by atoms with E-state index in [1.807, 2.05) is 20.8 Å². The van der Waals surface area contributed by atoms with Gasteiger partial charge in [0.1, 0.15) is 24.1 Å². The van der Waals surface area contributed by atoms with E-state index in [0.29, 0.717) is 31.1 Å². The maximum Gasteiger partial charge on any atom is 0.257 e. The van der Waals surface area contributed by atoms with E-state index in [1.165, 1.54) is 30.7 Å². The summed E-state index contributed by atoms with van der Waals surface area (Å²) in [6, 6.07) is 3.76. The first kappa shape index (κ1) is 20.0. The Morgan fingerprint density at radius 3 is 2.82 bits per heavy atom. The number of nitrogens with zero attached hydrogens (tertiary/aromatic N) is 4. The van der Waals surface area contributed by atoms with Crippen molar-refractivity contribution in [2.45, 2.75) is 39.4 Å². The Morgan fingerprint density at radius 2 is 2.18 bits per heavy atom. The highest BCUT2D eigenvalue weighted by Crippen LogP contribution is 2.34. The molecule has 0 radical (unpaired) electrons. The van der Waals surface area contributed by atoms with Crippen LogP contribution in [-0.4, -0.2) is 52.6 Å². The van der Waals surface area contributed by atoms with Crippen LogP contribution in [0.2, 0.25) is 0 Å². The summed E-state index contributed by atoms with van der Waals surface area (Å²) in [4.78, 5) is 24.5. The lowest BCUT2D eigenvalue weighted by molar-refractivity contribution is 0.0713. The molecule has 1 aliphatic heterocycles. The lowest BCUT2D eigenvalue weighted by Gasteiger charge is -2.26. The Balaban J connectivity index is 1.95. The van der Waals surface area contributed by atoms with E-state index < -0.39 is 12.0 Å². The summed E-state index contributed by atoms with van der Waals surface area (Å²) in [5.74, 6) is 0.103. The molecule has 0 aliphatic carbocycles. The van der Waals surface area contributed by atoms with Crippen LogP contribution in [0.1, 0.15) is 37.6 Å². The van der Waals surface area contributed by atoms with Crippen molar-refractivity contribution in [2.24, 2.45) is 0 Å². The van der Waals surface area contributed by atoms with Crippen LogP contribution >= 0.6 is 0 Å². The van der Waals surface area contributed by atoms with E-state index in [1.54, 1.807) is 9.80 Å². The molecule has 150 valence electrons. The lowest BCUT2D eigenvalue weighted by atomic mass is 10.1. The van der Waals surface area contributed by atoms with Crippen LogP contribution in [0.15, 0.2) is 30.7 Å². The van der Waals surface area contributed by atoms with Gasteiger partial charge in [-0.3, -0.25) is 4.79 Å². The number of aromatic nitrogens is 2. The van der Waals surface area contributed by atoms with Crippen LogP contribution in [0.3, 0.4) is 0 Å². The fraction of sp³-hybridized carbons (Fsp3) is 0.450. The molecule has 1 aromatic heterocycles. The topological polar surface area (TPSA) is 58.6 Å². The molecule has 1 amide bonds. The number of halogens is 2. The van der Waals surface area contributed by atoms with E-state index >= 15 is 0 Å². The number of benzene rings is 1. The second kappa shape index (κ2) is 8.50. The van der Waals surface area contributed by atoms with Crippen molar-refractivity contribution in [3.05, 3.63) is 42.1 Å². The van der Waals surface area contributed by atoms with Gasteiger partial charge in [-0.05, 0) is 45.4 Å². The van der Waals surface area contributed by atoms with E-state index in [-0.39, 0.29) is 29.8 Å². The first-order valence-electron chi connectivity index (χ1n) is 9.38. The summed E-state index contributed by atoms with van der Waals surface area (Å²) in [6.07, 6.45) is 2.33. The zero-order chi connectivity index (χ0) is 20.3. The summed E-state index contributed by atoms with van der Waals surface area (Å²) >= 11 is 0. The average Bonchev–Trinajstić information content (AvgIpc) is 3.10. The third kappa shape index (κ3) is 4.21. The molecular weight excluding hydrogens is 366 g/mol. The number of carbonyl (C=O) groups excluding carboxylic acids is 1. The fourth-order valence-corrected chi connectivity index (χ4v) is 3.30. The van der Waals surface area contributed by atoms with Crippen LogP contribution in [0, 0.1) is 5.82 Å². The van der Waals surface area contributed by atoms with Crippen molar-refractivity contribution in [3.8, 4) is 11.5 Å². The van der Waals surface area contributed by atoms with Crippen molar-refractivity contribution in [1.29, 1.82) is 0 Å². The molecule has 1 fully saturated rings. The SMILES string of the molecule is CCN(C(=O)c1cc(F)ccc1Oc1cncnc1N1CCC(F)C1)C(C)C. The van der Waals surface area contributed by atoms with Crippen LogP contribution in [0.25, 0.3) is 0 Å². The molecule has 3 rings (SSSR count). The molecule has 28 heavy (non-hydrogen) atoms. The smallest absolute Gasteiger partial charge is 0.257 e. The summed E-state index contributed by atoms with van der Waals surface area (Å²) < 4.78 is 33.4. The number of rotatable bonds is 6. The highest BCUT2D eigenvalue weighted by atomic mass is 19.1. The summed E-state index contributed by atoms with van der Waals surface area (Å²) in [5, 5.41) is 0. The second-order valence-corrected chi connectivity index (χ2v) is 6.97. The standard InChI is InChI=1S/C20H24F2N4O2/c1-4-26(13(2)3)20(27)16-9-14(21)5-6-17(16)28-18-10-23-12-24-19(18)25-8-7-15(22)11-25/h5-6,9-10,12-13,15H,4,7-8,11H2,1-3H3. The van der Waals surface area contributed by atoms with E-state index in [9.17, 15) is 13.6 Å². The van der Waals surface area contributed by atoms with Gasteiger partial charge in [0.25, 0.3) is 5.91 Å². The molecule has 1 atom stereocenters.